The van der Waals surface area contributed by atoms with Crippen molar-refractivity contribution in [3.8, 4) is 0 Å². The summed E-state index contributed by atoms with van der Waals surface area (Å²) in [7, 11) is -3.64. The molecule has 0 radical (unpaired) electrons. The fourth-order valence-corrected chi connectivity index (χ4v) is 5.25. The number of ether oxygens (including phenoxy) is 1. The van der Waals surface area contributed by atoms with E-state index in [4.69, 9.17) is 10.5 Å². The van der Waals surface area contributed by atoms with Gasteiger partial charge in [0.1, 0.15) is 0 Å². The van der Waals surface area contributed by atoms with Crippen molar-refractivity contribution in [2.24, 2.45) is 5.73 Å². The normalized spacial score (nSPS) is 22.4. The molecule has 26 heavy (non-hydrogen) atoms. The van der Waals surface area contributed by atoms with E-state index < -0.39 is 10.0 Å². The van der Waals surface area contributed by atoms with Gasteiger partial charge < -0.3 is 15.4 Å². The van der Waals surface area contributed by atoms with Crippen molar-refractivity contribution in [2.75, 3.05) is 39.4 Å². The molecule has 2 aliphatic heterocycles. The number of hydrogen-bond donors (Lipinski definition) is 1. The van der Waals surface area contributed by atoms with Gasteiger partial charge in [-0.1, -0.05) is 13.0 Å². The third kappa shape index (κ3) is 3.93. The number of morpholine rings is 1. The summed E-state index contributed by atoms with van der Waals surface area (Å²) in [6.07, 6.45) is 2.37. The summed E-state index contributed by atoms with van der Waals surface area (Å²) in [5.41, 5.74) is 7.11. The van der Waals surface area contributed by atoms with Crippen molar-refractivity contribution in [2.45, 2.75) is 37.1 Å². The zero-order valence-electron chi connectivity index (χ0n) is 15.2. The molecule has 1 aromatic carbocycles. The second-order valence-corrected chi connectivity index (χ2v) is 8.75. The molecule has 0 aliphatic carbocycles. The summed E-state index contributed by atoms with van der Waals surface area (Å²) in [4.78, 5) is 14.8. The molecule has 1 aromatic rings. The lowest BCUT2D eigenvalue weighted by Crippen LogP contribution is -2.45. The number of nitrogens with two attached hydrogens (primary N) is 1. The molecule has 144 valence electrons. The monoisotopic (exact) mass is 381 g/mol. The highest BCUT2D eigenvalue weighted by Gasteiger charge is 2.30. The predicted molar refractivity (Wildman–Crippen MR) is 98.5 cm³/mol. The maximum absolute atomic E-state index is 13.1. The average Bonchev–Trinajstić information content (AvgIpc) is 2.67. The smallest absolute Gasteiger partial charge is 0.253 e. The van der Waals surface area contributed by atoms with Gasteiger partial charge in [-0.25, -0.2) is 8.42 Å². The van der Waals surface area contributed by atoms with E-state index >= 15 is 0 Å². The Morgan fingerprint density at radius 2 is 2.00 bits per heavy atom. The zero-order valence-corrected chi connectivity index (χ0v) is 16.0. The van der Waals surface area contributed by atoms with Gasteiger partial charge in [-0.05, 0) is 37.0 Å². The summed E-state index contributed by atoms with van der Waals surface area (Å²) in [6, 6.07) is 5.00. The minimum atomic E-state index is -3.64. The van der Waals surface area contributed by atoms with Crippen molar-refractivity contribution in [3.05, 3.63) is 29.3 Å². The lowest BCUT2D eigenvalue weighted by atomic mass is 10.0. The van der Waals surface area contributed by atoms with E-state index in [9.17, 15) is 13.2 Å². The topological polar surface area (TPSA) is 92.9 Å². The van der Waals surface area contributed by atoms with Gasteiger partial charge in [-0.2, -0.15) is 4.31 Å². The van der Waals surface area contributed by atoms with Crippen LogP contribution in [0.4, 0.5) is 0 Å². The number of sulfonamides is 1. The maximum Gasteiger partial charge on any atom is 0.253 e. The number of rotatable bonds is 4. The number of piperidine rings is 1. The van der Waals surface area contributed by atoms with Crippen molar-refractivity contribution in [1.29, 1.82) is 0 Å². The molecule has 8 heteroatoms. The summed E-state index contributed by atoms with van der Waals surface area (Å²) in [5.74, 6) is -0.152. The van der Waals surface area contributed by atoms with E-state index in [1.54, 1.807) is 17.0 Å². The van der Waals surface area contributed by atoms with Crippen LogP contribution in [0.1, 0.15) is 35.7 Å². The summed E-state index contributed by atoms with van der Waals surface area (Å²) < 4.78 is 32.9. The van der Waals surface area contributed by atoms with Crippen LogP contribution >= 0.6 is 0 Å². The van der Waals surface area contributed by atoms with Gasteiger partial charge in [0.2, 0.25) is 10.0 Å². The highest BCUT2D eigenvalue weighted by molar-refractivity contribution is 7.89. The Morgan fingerprint density at radius 3 is 2.65 bits per heavy atom. The molecule has 0 bridgehead atoms. The molecule has 0 aromatic heterocycles. The number of hydrogen-bond acceptors (Lipinski definition) is 5. The van der Waals surface area contributed by atoms with Crippen LogP contribution in [-0.2, 0) is 21.2 Å². The van der Waals surface area contributed by atoms with E-state index in [-0.39, 0.29) is 16.8 Å². The lowest BCUT2D eigenvalue weighted by Gasteiger charge is -2.31. The number of benzene rings is 1. The van der Waals surface area contributed by atoms with Crippen LogP contribution in [0.25, 0.3) is 0 Å². The molecular formula is C18H27N3O4S. The fourth-order valence-electron chi connectivity index (χ4n) is 3.52. The molecule has 3 rings (SSSR count). The maximum atomic E-state index is 13.1. The fraction of sp³-hybridized carbons (Fsp3) is 0.611. The number of nitrogens with zero attached hydrogens (tertiary/aromatic N) is 2. The molecule has 1 unspecified atom stereocenters. The van der Waals surface area contributed by atoms with Gasteiger partial charge in [-0.15, -0.1) is 0 Å². The Hall–Kier alpha value is -1.48. The summed E-state index contributed by atoms with van der Waals surface area (Å²) in [5, 5.41) is 0. The Bertz CT molecular complexity index is 760. The zero-order chi connectivity index (χ0) is 18.7. The minimum absolute atomic E-state index is 0.0147. The first-order chi connectivity index (χ1) is 12.4. The second kappa shape index (κ2) is 8.04. The van der Waals surface area contributed by atoms with Crippen LogP contribution in [0, 0.1) is 0 Å². The molecule has 0 saturated carbocycles. The third-order valence-electron chi connectivity index (χ3n) is 5.03. The molecule has 2 saturated heterocycles. The Balaban J connectivity index is 1.92. The van der Waals surface area contributed by atoms with Gasteiger partial charge >= 0.3 is 0 Å². The van der Waals surface area contributed by atoms with Gasteiger partial charge in [0, 0.05) is 37.8 Å². The predicted octanol–water partition coefficient (Wildman–Crippen LogP) is 0.833. The van der Waals surface area contributed by atoms with E-state index in [1.807, 2.05) is 6.92 Å². The lowest BCUT2D eigenvalue weighted by molar-refractivity contribution is 0.0707. The van der Waals surface area contributed by atoms with Crippen molar-refractivity contribution < 1.29 is 17.9 Å². The first-order valence-electron chi connectivity index (χ1n) is 9.19. The molecule has 2 N–H and O–H groups in total. The Labute approximate surface area is 155 Å². The molecular weight excluding hydrogens is 354 g/mol. The standard InChI is InChI=1S/C18H27N3O4S/c1-2-14-5-6-15(18(22)20-7-3-4-16(19)13-20)12-17(14)26(23,24)21-8-10-25-11-9-21/h5-6,12,16H,2-4,7-11,13,19H2,1H3. The molecule has 2 aliphatic rings. The number of amides is 1. The molecule has 2 fully saturated rings. The van der Waals surface area contributed by atoms with Crippen LogP contribution < -0.4 is 5.73 Å². The largest absolute Gasteiger partial charge is 0.379 e. The second-order valence-electron chi connectivity index (χ2n) is 6.85. The van der Waals surface area contributed by atoms with E-state index in [1.165, 1.54) is 10.4 Å². The molecule has 1 atom stereocenters. The highest BCUT2D eigenvalue weighted by atomic mass is 32.2. The first-order valence-corrected chi connectivity index (χ1v) is 10.6. The third-order valence-corrected chi connectivity index (χ3v) is 7.01. The molecule has 1 amide bonds. The summed E-state index contributed by atoms with van der Waals surface area (Å²) in [6.45, 7) is 4.55. The van der Waals surface area contributed by atoms with Crippen molar-refractivity contribution in [1.82, 2.24) is 9.21 Å². The van der Waals surface area contributed by atoms with Crippen LogP contribution in [0.5, 0.6) is 0 Å². The molecule has 2 heterocycles. The Morgan fingerprint density at radius 1 is 1.27 bits per heavy atom. The van der Waals surface area contributed by atoms with E-state index in [2.05, 4.69) is 0 Å². The number of carbonyl (C=O) groups is 1. The summed E-state index contributed by atoms with van der Waals surface area (Å²) >= 11 is 0. The molecule has 7 nitrogen and oxygen atoms in total. The van der Waals surface area contributed by atoms with Crippen LogP contribution in [0.2, 0.25) is 0 Å². The van der Waals surface area contributed by atoms with Crippen LogP contribution in [0.3, 0.4) is 0 Å². The van der Waals surface area contributed by atoms with Gasteiger partial charge in [0.25, 0.3) is 5.91 Å². The molecule has 0 spiro atoms. The number of aryl methyl sites for hydroxylation is 1. The minimum Gasteiger partial charge on any atom is -0.379 e. The Kier molecular flexibility index (Phi) is 5.96. The number of carbonyl (C=O) groups excluding carboxylic acids is 1. The SMILES string of the molecule is CCc1ccc(C(=O)N2CCCC(N)C2)cc1S(=O)(=O)N1CCOCC1. The van der Waals surface area contributed by atoms with Crippen LogP contribution in [-0.4, -0.2) is 69.0 Å². The van der Waals surface area contributed by atoms with Gasteiger partial charge in [0.15, 0.2) is 0 Å². The highest BCUT2D eigenvalue weighted by Crippen LogP contribution is 2.24. The van der Waals surface area contributed by atoms with Gasteiger partial charge in [-0.3, -0.25) is 4.79 Å². The quantitative estimate of drug-likeness (QED) is 0.834. The van der Waals surface area contributed by atoms with Crippen molar-refractivity contribution >= 4 is 15.9 Å². The van der Waals surface area contributed by atoms with Crippen LogP contribution in [0.15, 0.2) is 23.1 Å². The average molecular weight is 381 g/mol. The van der Waals surface area contributed by atoms with Crippen molar-refractivity contribution in [3.63, 3.8) is 0 Å². The van der Waals surface area contributed by atoms with E-state index in [0.717, 1.165) is 18.4 Å². The van der Waals surface area contributed by atoms with E-state index in [0.29, 0.717) is 51.4 Å². The number of likely N-dealkylation sites (tertiary alicyclic amines) is 1. The first kappa shape index (κ1) is 19.3. The van der Waals surface area contributed by atoms with Gasteiger partial charge in [0.05, 0.1) is 18.1 Å².